The zero-order valence-electron chi connectivity index (χ0n) is 15.6. The molecule has 5 heteroatoms. The molecule has 1 N–H and O–H groups in total. The van der Waals surface area contributed by atoms with E-state index in [-0.39, 0.29) is 11.2 Å². The smallest absolute Gasteiger partial charge is 0.162 e. The largest absolute Gasteiger partial charge is 0.343 e. The number of hydrogen-bond acceptors (Lipinski definition) is 4. The fourth-order valence-electron chi connectivity index (χ4n) is 4.43. The Labute approximate surface area is 157 Å². The van der Waals surface area contributed by atoms with Crippen LogP contribution in [0.5, 0.6) is 0 Å². The van der Waals surface area contributed by atoms with Crippen molar-refractivity contribution in [1.82, 2.24) is 4.98 Å². The van der Waals surface area contributed by atoms with Gasteiger partial charge >= 0.3 is 0 Å². The first kappa shape index (κ1) is 17.6. The Morgan fingerprint density at radius 1 is 1.19 bits per heavy atom. The fourth-order valence-corrected chi connectivity index (χ4v) is 4.43. The van der Waals surface area contributed by atoms with Crippen LogP contribution in [0, 0.1) is 11.2 Å². The van der Waals surface area contributed by atoms with Crippen LogP contribution in [-0.2, 0) is 10.2 Å². The lowest BCUT2D eigenvalue weighted by Crippen LogP contribution is -2.42. The van der Waals surface area contributed by atoms with Gasteiger partial charge in [0.1, 0.15) is 17.9 Å². The van der Waals surface area contributed by atoms with Crippen LogP contribution in [0.2, 0.25) is 0 Å². The van der Waals surface area contributed by atoms with Crippen LogP contribution >= 0.6 is 0 Å². The number of rotatable bonds is 2. The zero-order chi connectivity index (χ0) is 19.4. The van der Waals surface area contributed by atoms with Gasteiger partial charge in [0.05, 0.1) is 11.6 Å². The second kappa shape index (κ2) is 5.84. The number of anilines is 1. The number of aldehydes is 1. The van der Waals surface area contributed by atoms with Gasteiger partial charge in [0, 0.05) is 28.8 Å². The van der Waals surface area contributed by atoms with Crippen LogP contribution in [0.4, 0.5) is 10.2 Å². The molecule has 4 rings (SSSR count). The number of fused-ring (bicyclic) bond motifs is 1. The van der Waals surface area contributed by atoms with Crippen molar-refractivity contribution in [3.05, 3.63) is 70.3 Å². The molecule has 0 fully saturated rings. The lowest BCUT2D eigenvalue weighted by atomic mass is 9.62. The van der Waals surface area contributed by atoms with Gasteiger partial charge in [0.2, 0.25) is 0 Å². The highest BCUT2D eigenvalue weighted by Crippen LogP contribution is 2.52. The Bertz CT molecular complexity index is 1010. The maximum atomic E-state index is 14.1. The lowest BCUT2D eigenvalue weighted by molar-refractivity contribution is -0.118. The molecule has 1 aliphatic heterocycles. The second-order valence-corrected chi connectivity index (χ2v) is 8.34. The standard InChI is InChI=1S/C22H21FN2O2/c1-21(2)9-17-19(18(27)10-21)22(3,14-6-4-5-13(7-14)12-26)16-8-15(23)11-24-20(16)25-17/h4-8,11-12H,9-10H2,1-3H3,(H,24,25). The first-order valence-corrected chi connectivity index (χ1v) is 9.00. The normalized spacial score (nSPS) is 23.3. The van der Waals surface area contributed by atoms with E-state index in [1.54, 1.807) is 18.2 Å². The molecule has 2 heterocycles. The van der Waals surface area contributed by atoms with Gasteiger partial charge in [0.25, 0.3) is 0 Å². The zero-order valence-corrected chi connectivity index (χ0v) is 15.6. The summed E-state index contributed by atoms with van der Waals surface area (Å²) in [6, 6.07) is 8.58. The van der Waals surface area contributed by atoms with Crippen molar-refractivity contribution in [2.24, 2.45) is 5.41 Å². The summed E-state index contributed by atoms with van der Waals surface area (Å²) in [5.74, 6) is 0.142. The average molecular weight is 364 g/mol. The Kier molecular flexibility index (Phi) is 3.81. The molecule has 0 saturated carbocycles. The van der Waals surface area contributed by atoms with Gasteiger partial charge in [-0.05, 0) is 36.5 Å². The summed E-state index contributed by atoms with van der Waals surface area (Å²) in [6.07, 6.45) is 3.08. The first-order chi connectivity index (χ1) is 12.7. The second-order valence-electron chi connectivity index (χ2n) is 8.34. The maximum Gasteiger partial charge on any atom is 0.162 e. The SMILES string of the molecule is CC1(C)CC(=O)C2=C(C1)Nc1ncc(F)cc1C2(C)c1cccc(C=O)c1. The number of ketones is 1. The van der Waals surface area contributed by atoms with Crippen LogP contribution in [0.3, 0.4) is 0 Å². The number of hydrogen-bond donors (Lipinski definition) is 1. The molecule has 138 valence electrons. The molecule has 27 heavy (non-hydrogen) atoms. The minimum Gasteiger partial charge on any atom is -0.343 e. The molecule has 4 nitrogen and oxygen atoms in total. The minimum atomic E-state index is -0.877. The number of pyridine rings is 1. The monoisotopic (exact) mass is 364 g/mol. The molecular formula is C22H21FN2O2. The van der Waals surface area contributed by atoms with E-state index >= 15 is 0 Å². The quantitative estimate of drug-likeness (QED) is 0.802. The highest BCUT2D eigenvalue weighted by atomic mass is 19.1. The third-order valence-electron chi connectivity index (χ3n) is 5.64. The summed E-state index contributed by atoms with van der Waals surface area (Å²) < 4.78 is 14.1. The van der Waals surface area contributed by atoms with Gasteiger partial charge in [-0.15, -0.1) is 0 Å². The molecule has 1 aromatic heterocycles. The number of halogens is 1. The van der Waals surface area contributed by atoms with Crippen LogP contribution in [0.1, 0.15) is 55.1 Å². The number of carbonyl (C=O) groups excluding carboxylic acids is 2. The van der Waals surface area contributed by atoms with E-state index in [1.165, 1.54) is 12.3 Å². The van der Waals surface area contributed by atoms with Gasteiger partial charge in [-0.3, -0.25) is 9.59 Å². The van der Waals surface area contributed by atoms with Gasteiger partial charge < -0.3 is 5.32 Å². The molecule has 0 bridgehead atoms. The average Bonchev–Trinajstić information content (AvgIpc) is 2.61. The molecule has 1 aliphatic carbocycles. The van der Waals surface area contributed by atoms with Crippen molar-refractivity contribution in [1.29, 1.82) is 0 Å². The van der Waals surface area contributed by atoms with Crippen LogP contribution in [0.15, 0.2) is 47.8 Å². The molecule has 2 aromatic rings. The summed E-state index contributed by atoms with van der Waals surface area (Å²) in [6.45, 7) is 6.05. The Hall–Kier alpha value is -2.82. The minimum absolute atomic E-state index is 0.0441. The molecule has 1 unspecified atom stereocenters. The summed E-state index contributed by atoms with van der Waals surface area (Å²) in [5.41, 5.74) is 2.35. The molecule has 0 radical (unpaired) electrons. The molecule has 0 spiro atoms. The van der Waals surface area contributed by atoms with Crippen molar-refractivity contribution in [2.45, 2.75) is 39.0 Å². The predicted molar refractivity (Wildman–Crippen MR) is 101 cm³/mol. The van der Waals surface area contributed by atoms with Gasteiger partial charge in [-0.1, -0.05) is 32.0 Å². The van der Waals surface area contributed by atoms with Gasteiger partial charge in [-0.25, -0.2) is 9.37 Å². The highest BCUT2D eigenvalue weighted by molar-refractivity contribution is 6.02. The molecule has 1 aromatic carbocycles. The third-order valence-corrected chi connectivity index (χ3v) is 5.64. The van der Waals surface area contributed by atoms with E-state index in [0.717, 1.165) is 17.5 Å². The Balaban J connectivity index is 2.03. The van der Waals surface area contributed by atoms with E-state index < -0.39 is 11.2 Å². The number of aromatic nitrogens is 1. The van der Waals surface area contributed by atoms with E-state index in [2.05, 4.69) is 24.1 Å². The number of allylic oxidation sites excluding steroid dienone is 2. The van der Waals surface area contributed by atoms with E-state index in [0.29, 0.717) is 35.4 Å². The number of benzene rings is 1. The van der Waals surface area contributed by atoms with E-state index in [1.807, 2.05) is 13.0 Å². The van der Waals surface area contributed by atoms with Crippen molar-refractivity contribution < 1.29 is 14.0 Å². The fraction of sp³-hybridized carbons (Fsp3) is 0.318. The van der Waals surface area contributed by atoms with Crippen LogP contribution in [0.25, 0.3) is 0 Å². The van der Waals surface area contributed by atoms with Crippen molar-refractivity contribution in [3.8, 4) is 0 Å². The summed E-state index contributed by atoms with van der Waals surface area (Å²) in [5, 5.41) is 3.28. The first-order valence-electron chi connectivity index (χ1n) is 9.00. The summed E-state index contributed by atoms with van der Waals surface area (Å²) in [7, 11) is 0. The molecule has 0 amide bonds. The maximum absolute atomic E-state index is 14.1. The lowest BCUT2D eigenvalue weighted by Gasteiger charge is -2.44. The number of nitrogens with zero attached hydrogens (tertiary/aromatic N) is 1. The Morgan fingerprint density at radius 2 is 1.96 bits per heavy atom. The number of Topliss-reactive ketones (excluding diaryl/α,β-unsaturated/α-hetero) is 1. The topological polar surface area (TPSA) is 59.1 Å². The predicted octanol–water partition coefficient (Wildman–Crippen LogP) is 4.41. The summed E-state index contributed by atoms with van der Waals surface area (Å²) in [4.78, 5) is 28.8. The van der Waals surface area contributed by atoms with Crippen molar-refractivity contribution in [2.75, 3.05) is 5.32 Å². The van der Waals surface area contributed by atoms with E-state index in [4.69, 9.17) is 0 Å². The van der Waals surface area contributed by atoms with Crippen LogP contribution in [-0.4, -0.2) is 17.1 Å². The Morgan fingerprint density at radius 3 is 2.70 bits per heavy atom. The molecule has 2 aliphatic rings. The summed E-state index contributed by atoms with van der Waals surface area (Å²) >= 11 is 0. The number of nitrogens with one attached hydrogen (secondary N) is 1. The van der Waals surface area contributed by atoms with Gasteiger partial charge in [-0.2, -0.15) is 0 Å². The molecular weight excluding hydrogens is 343 g/mol. The third kappa shape index (κ3) is 2.69. The molecule has 1 atom stereocenters. The van der Waals surface area contributed by atoms with Crippen LogP contribution < -0.4 is 5.32 Å². The van der Waals surface area contributed by atoms with Gasteiger partial charge in [0.15, 0.2) is 5.78 Å². The van der Waals surface area contributed by atoms with E-state index in [9.17, 15) is 14.0 Å². The highest BCUT2D eigenvalue weighted by Gasteiger charge is 2.48. The van der Waals surface area contributed by atoms with Crippen molar-refractivity contribution >= 4 is 17.9 Å². The molecule has 0 saturated heterocycles. The number of carbonyl (C=O) groups is 2. The van der Waals surface area contributed by atoms with Crippen molar-refractivity contribution in [3.63, 3.8) is 0 Å².